The number of fused-ring (bicyclic) bond motifs is 1. The number of hydrogen-bond acceptors (Lipinski definition) is 3. The van der Waals surface area contributed by atoms with Crippen molar-refractivity contribution in [3.8, 4) is 5.75 Å². The number of benzene rings is 2. The minimum atomic E-state index is -0.169. The Morgan fingerprint density at radius 2 is 1.96 bits per heavy atom. The Morgan fingerprint density at radius 1 is 1.15 bits per heavy atom. The molecule has 2 aromatic carbocycles. The van der Waals surface area contributed by atoms with Gasteiger partial charge in [0.15, 0.2) is 5.11 Å². The highest BCUT2D eigenvalue weighted by molar-refractivity contribution is 7.80. The molecular formula is C20H17N3O2S. The van der Waals surface area contributed by atoms with E-state index >= 15 is 0 Å². The monoisotopic (exact) mass is 363 g/mol. The lowest BCUT2D eigenvalue weighted by molar-refractivity contribution is 0.415. The van der Waals surface area contributed by atoms with Crippen molar-refractivity contribution in [2.75, 3.05) is 7.11 Å². The van der Waals surface area contributed by atoms with Crippen LogP contribution in [-0.2, 0) is 0 Å². The Morgan fingerprint density at radius 3 is 2.73 bits per heavy atom. The second-order valence-corrected chi connectivity index (χ2v) is 6.53. The van der Waals surface area contributed by atoms with Gasteiger partial charge in [0.25, 0.3) is 5.56 Å². The summed E-state index contributed by atoms with van der Waals surface area (Å²) in [5, 5.41) is 4.50. The second kappa shape index (κ2) is 6.72. The summed E-state index contributed by atoms with van der Waals surface area (Å²) >= 11 is 5.31. The fourth-order valence-corrected chi connectivity index (χ4v) is 3.43. The molecule has 130 valence electrons. The molecule has 3 aromatic rings. The smallest absolute Gasteiger partial charge is 0.257 e. The van der Waals surface area contributed by atoms with Crippen LogP contribution < -0.4 is 15.6 Å². The zero-order chi connectivity index (χ0) is 18.1. The van der Waals surface area contributed by atoms with Crippen LogP contribution in [0.5, 0.6) is 5.75 Å². The summed E-state index contributed by atoms with van der Waals surface area (Å²) in [6.07, 6.45) is 0.586. The number of thiocarbonyl (C=S) groups is 1. The molecule has 0 aliphatic carbocycles. The number of ether oxygens (including phenoxy) is 1. The highest BCUT2D eigenvalue weighted by Crippen LogP contribution is 2.24. The Kier molecular flexibility index (Phi) is 4.26. The molecule has 6 heteroatoms. The second-order valence-electron chi connectivity index (χ2n) is 6.14. The molecule has 5 nitrogen and oxygen atoms in total. The van der Waals surface area contributed by atoms with E-state index in [0.717, 1.165) is 22.2 Å². The summed E-state index contributed by atoms with van der Waals surface area (Å²) in [5.41, 5.74) is 2.93. The number of H-pyrrole nitrogens is 1. The number of aromatic amines is 1. The lowest BCUT2D eigenvalue weighted by Crippen LogP contribution is -2.35. The minimum Gasteiger partial charge on any atom is -0.497 e. The van der Waals surface area contributed by atoms with Crippen molar-refractivity contribution >= 4 is 33.9 Å². The first-order valence-electron chi connectivity index (χ1n) is 8.28. The van der Waals surface area contributed by atoms with Gasteiger partial charge in [0.1, 0.15) is 5.75 Å². The van der Waals surface area contributed by atoms with E-state index < -0.39 is 0 Å². The van der Waals surface area contributed by atoms with E-state index in [0.29, 0.717) is 22.8 Å². The van der Waals surface area contributed by atoms with Crippen LogP contribution in [0.2, 0.25) is 0 Å². The van der Waals surface area contributed by atoms with Gasteiger partial charge in [0.05, 0.1) is 24.4 Å². The topological polar surface area (TPSA) is 66.5 Å². The minimum absolute atomic E-state index is 0.00314. The van der Waals surface area contributed by atoms with Gasteiger partial charge in [-0.05, 0) is 42.0 Å². The maximum absolute atomic E-state index is 12.6. The van der Waals surface area contributed by atoms with E-state index in [4.69, 9.17) is 17.0 Å². The number of pyridine rings is 1. The maximum atomic E-state index is 12.6. The maximum Gasteiger partial charge on any atom is 0.257 e. The molecule has 1 aromatic heterocycles. The zero-order valence-corrected chi connectivity index (χ0v) is 15.0. The highest BCUT2D eigenvalue weighted by Gasteiger charge is 2.23. The molecule has 26 heavy (non-hydrogen) atoms. The molecule has 0 saturated heterocycles. The molecule has 1 aliphatic rings. The number of rotatable bonds is 3. The lowest BCUT2D eigenvalue weighted by Gasteiger charge is -2.25. The Hall–Kier alpha value is -2.99. The summed E-state index contributed by atoms with van der Waals surface area (Å²) in [6, 6.07) is 17.4. The third-order valence-corrected chi connectivity index (χ3v) is 4.71. The van der Waals surface area contributed by atoms with Gasteiger partial charge >= 0.3 is 0 Å². The molecule has 0 radical (unpaired) electrons. The number of nitrogens with one attached hydrogen (secondary N) is 2. The number of nitrogens with zero attached hydrogens (tertiary/aromatic N) is 1. The summed E-state index contributed by atoms with van der Waals surface area (Å²) < 4.78 is 5.28. The van der Waals surface area contributed by atoms with Crippen molar-refractivity contribution in [3.63, 3.8) is 0 Å². The number of aliphatic imine (C=N–C) groups is 1. The van der Waals surface area contributed by atoms with Crippen LogP contribution in [0.1, 0.15) is 23.6 Å². The SMILES string of the molecule is COc1ccc2[nH]c(=O)c(C3=NC(=S)NC(c4ccccc4)C3)cc2c1. The average molecular weight is 363 g/mol. The first-order valence-corrected chi connectivity index (χ1v) is 8.69. The lowest BCUT2D eigenvalue weighted by atomic mass is 9.96. The Bertz CT molecular complexity index is 1070. The van der Waals surface area contributed by atoms with Crippen LogP contribution in [0.25, 0.3) is 10.9 Å². The standard InChI is InChI=1S/C20H17N3O2S/c1-25-14-7-8-16-13(9-14)10-15(19(24)21-16)18-11-17(22-20(26)23-18)12-5-3-2-4-6-12/h2-10,17H,11H2,1H3,(H,21,24)(H,22,26). The fourth-order valence-electron chi connectivity index (χ4n) is 3.18. The normalized spacial score (nSPS) is 16.9. The molecule has 0 fully saturated rings. The van der Waals surface area contributed by atoms with Crippen LogP contribution >= 0.6 is 12.2 Å². The molecule has 4 rings (SSSR count). The highest BCUT2D eigenvalue weighted by atomic mass is 32.1. The van der Waals surface area contributed by atoms with E-state index in [1.165, 1.54) is 0 Å². The first kappa shape index (κ1) is 16.5. The van der Waals surface area contributed by atoms with E-state index in [-0.39, 0.29) is 11.6 Å². The summed E-state index contributed by atoms with van der Waals surface area (Å²) in [7, 11) is 1.62. The molecule has 0 saturated carbocycles. The van der Waals surface area contributed by atoms with E-state index in [1.54, 1.807) is 7.11 Å². The van der Waals surface area contributed by atoms with Gasteiger partial charge in [-0.3, -0.25) is 4.79 Å². The number of methoxy groups -OCH3 is 1. The third kappa shape index (κ3) is 3.11. The molecule has 2 heterocycles. The third-order valence-electron chi connectivity index (χ3n) is 4.50. The van der Waals surface area contributed by atoms with Crippen LogP contribution in [0.4, 0.5) is 0 Å². The Labute approximate surface area is 155 Å². The fraction of sp³-hybridized carbons (Fsp3) is 0.150. The molecule has 0 spiro atoms. The van der Waals surface area contributed by atoms with Crippen molar-refractivity contribution in [3.05, 3.63) is 76.1 Å². The van der Waals surface area contributed by atoms with Gasteiger partial charge < -0.3 is 15.0 Å². The number of hydrogen-bond donors (Lipinski definition) is 2. The van der Waals surface area contributed by atoms with Crippen LogP contribution in [0.15, 0.2) is 64.4 Å². The van der Waals surface area contributed by atoms with Crippen molar-refractivity contribution in [2.45, 2.75) is 12.5 Å². The van der Waals surface area contributed by atoms with Crippen LogP contribution in [0, 0.1) is 0 Å². The summed E-state index contributed by atoms with van der Waals surface area (Å²) in [5.74, 6) is 0.737. The van der Waals surface area contributed by atoms with Crippen LogP contribution in [0.3, 0.4) is 0 Å². The van der Waals surface area contributed by atoms with Crippen molar-refractivity contribution in [2.24, 2.45) is 4.99 Å². The van der Waals surface area contributed by atoms with E-state index in [9.17, 15) is 4.79 Å². The van der Waals surface area contributed by atoms with Gasteiger partial charge in [-0.15, -0.1) is 0 Å². The van der Waals surface area contributed by atoms with Gasteiger partial charge in [-0.1, -0.05) is 30.3 Å². The molecule has 1 aliphatic heterocycles. The predicted octanol–water partition coefficient (Wildman–Crippen LogP) is 3.35. The van der Waals surface area contributed by atoms with Crippen molar-refractivity contribution < 1.29 is 4.74 Å². The van der Waals surface area contributed by atoms with Crippen LogP contribution in [-0.4, -0.2) is 22.9 Å². The molecule has 1 unspecified atom stereocenters. The van der Waals surface area contributed by atoms with Gasteiger partial charge in [-0.2, -0.15) is 0 Å². The molecule has 0 bridgehead atoms. The van der Waals surface area contributed by atoms with Gasteiger partial charge in [0, 0.05) is 17.3 Å². The number of aromatic nitrogens is 1. The Balaban J connectivity index is 1.77. The zero-order valence-electron chi connectivity index (χ0n) is 14.2. The molecule has 2 N–H and O–H groups in total. The van der Waals surface area contributed by atoms with E-state index in [2.05, 4.69) is 15.3 Å². The van der Waals surface area contributed by atoms with Crippen molar-refractivity contribution in [1.82, 2.24) is 10.3 Å². The largest absolute Gasteiger partial charge is 0.497 e. The quantitative estimate of drug-likeness (QED) is 0.701. The van der Waals surface area contributed by atoms with Gasteiger partial charge in [-0.25, -0.2) is 4.99 Å². The molecule has 1 atom stereocenters. The molecular weight excluding hydrogens is 346 g/mol. The first-order chi connectivity index (χ1) is 12.6. The summed E-state index contributed by atoms with van der Waals surface area (Å²) in [4.78, 5) is 20.0. The van der Waals surface area contributed by atoms with Crippen molar-refractivity contribution in [1.29, 1.82) is 0 Å². The van der Waals surface area contributed by atoms with Gasteiger partial charge in [0.2, 0.25) is 0 Å². The molecule has 0 amide bonds. The summed E-state index contributed by atoms with van der Waals surface area (Å²) in [6.45, 7) is 0. The van der Waals surface area contributed by atoms with E-state index in [1.807, 2.05) is 54.6 Å². The predicted molar refractivity (Wildman–Crippen MR) is 107 cm³/mol. The average Bonchev–Trinajstić information content (AvgIpc) is 2.67.